The molecule has 0 radical (unpaired) electrons. The van der Waals surface area contributed by atoms with Gasteiger partial charge < -0.3 is 9.80 Å². The van der Waals surface area contributed by atoms with Gasteiger partial charge in [0.2, 0.25) is 0 Å². The second-order valence-electron chi connectivity index (χ2n) is 15.0. The Labute approximate surface area is 330 Å². The molecule has 0 saturated heterocycles. The zero-order valence-corrected chi connectivity index (χ0v) is 31.6. The summed E-state index contributed by atoms with van der Waals surface area (Å²) in [5.41, 5.74) is 22.1. The van der Waals surface area contributed by atoms with Gasteiger partial charge in [-0.15, -0.1) is 0 Å². The van der Waals surface area contributed by atoms with Crippen molar-refractivity contribution < 1.29 is 0 Å². The number of rotatable bonds is 6. The van der Waals surface area contributed by atoms with Crippen LogP contribution in [0.2, 0.25) is 0 Å². The van der Waals surface area contributed by atoms with Gasteiger partial charge in [-0.25, -0.2) is 0 Å². The topological polar surface area (TPSA) is 6.48 Å². The molecule has 8 aromatic rings. The molecule has 266 valence electrons. The Morgan fingerprint density at radius 2 is 0.643 bits per heavy atom. The molecule has 0 aromatic heterocycles. The lowest BCUT2D eigenvalue weighted by Crippen LogP contribution is -2.10. The van der Waals surface area contributed by atoms with E-state index in [0.717, 1.165) is 58.1 Å². The largest absolute Gasteiger partial charge is 0.310 e. The summed E-state index contributed by atoms with van der Waals surface area (Å²) in [6, 6.07) is 66.1. The van der Waals surface area contributed by atoms with Crippen LogP contribution in [-0.2, 0) is 12.8 Å². The van der Waals surface area contributed by atoms with E-state index in [1.54, 1.807) is 0 Å². The van der Waals surface area contributed by atoms with Gasteiger partial charge in [-0.2, -0.15) is 0 Å². The highest BCUT2D eigenvalue weighted by molar-refractivity contribution is 5.85. The maximum Gasteiger partial charge on any atom is 0.0464 e. The van der Waals surface area contributed by atoms with E-state index >= 15 is 0 Å². The normalized spacial score (nSPS) is 11.8. The summed E-state index contributed by atoms with van der Waals surface area (Å²) in [6.07, 6.45) is 1.92. The smallest absolute Gasteiger partial charge is 0.0464 e. The Kier molecular flexibility index (Phi) is 8.35. The van der Waals surface area contributed by atoms with Gasteiger partial charge in [0.05, 0.1) is 0 Å². The summed E-state index contributed by atoms with van der Waals surface area (Å²) in [7, 11) is 0. The highest BCUT2D eigenvalue weighted by Crippen LogP contribution is 2.43. The Bertz CT molecular complexity index is 2610. The molecule has 0 atom stereocenters. The van der Waals surface area contributed by atoms with Crippen LogP contribution in [0.5, 0.6) is 0 Å². The summed E-state index contributed by atoms with van der Waals surface area (Å²) < 4.78 is 0. The van der Waals surface area contributed by atoms with Gasteiger partial charge in [-0.3, -0.25) is 0 Å². The van der Waals surface area contributed by atoms with E-state index in [2.05, 4.69) is 217 Å². The van der Waals surface area contributed by atoms with Crippen LogP contribution >= 0.6 is 0 Å². The van der Waals surface area contributed by atoms with Crippen molar-refractivity contribution in [1.82, 2.24) is 0 Å². The van der Waals surface area contributed by atoms with Gasteiger partial charge in [0, 0.05) is 45.3 Å². The fourth-order valence-electron chi connectivity index (χ4n) is 8.36. The summed E-state index contributed by atoms with van der Waals surface area (Å²) >= 11 is 0. The van der Waals surface area contributed by atoms with Gasteiger partial charge >= 0.3 is 0 Å². The number of fused-ring (bicyclic) bond motifs is 6. The molecular formula is C54H40N2. The molecule has 0 aliphatic heterocycles. The van der Waals surface area contributed by atoms with Crippen molar-refractivity contribution in [2.24, 2.45) is 0 Å². The quantitative estimate of drug-likeness (QED) is 0.158. The Morgan fingerprint density at radius 1 is 0.321 bits per heavy atom. The third-order valence-electron chi connectivity index (χ3n) is 11.3. The van der Waals surface area contributed by atoms with Crippen LogP contribution in [0.1, 0.15) is 44.5 Å². The zero-order chi connectivity index (χ0) is 37.6. The molecule has 0 fully saturated rings. The van der Waals surface area contributed by atoms with Gasteiger partial charge in [-0.1, -0.05) is 108 Å². The van der Waals surface area contributed by atoms with E-state index in [1.807, 2.05) is 0 Å². The summed E-state index contributed by atoms with van der Waals surface area (Å²) in [5, 5.41) is 0. The second kappa shape index (κ2) is 14.0. The molecule has 2 aliphatic carbocycles. The standard InChI is InChI=1S/C54H40N2/c1-37-11-21-45(22-12-37)55(49-29-31-53-43(35-49)33-41-7-3-5-9-51(41)53)47-25-17-39(18-26-47)15-16-40-19-27-48(28-20-40)56(46-23-13-38(2)14-24-46)50-30-32-54-44(36-50)34-42-8-4-6-10-52(42)54/h3-14,17-32,35-36H,33-34H2,1-2H3. The number of aryl methyl sites for hydroxylation is 2. The predicted molar refractivity (Wildman–Crippen MR) is 234 cm³/mol. The van der Waals surface area contributed by atoms with Crippen molar-refractivity contribution in [2.75, 3.05) is 9.80 Å². The van der Waals surface area contributed by atoms with Crippen LogP contribution in [0.4, 0.5) is 34.1 Å². The molecule has 0 N–H and O–H groups in total. The molecular weight excluding hydrogens is 677 g/mol. The maximum atomic E-state index is 3.43. The van der Waals surface area contributed by atoms with Crippen molar-refractivity contribution in [2.45, 2.75) is 26.7 Å². The van der Waals surface area contributed by atoms with Crippen LogP contribution in [0.25, 0.3) is 22.3 Å². The van der Waals surface area contributed by atoms with E-state index in [-0.39, 0.29) is 0 Å². The highest BCUT2D eigenvalue weighted by atomic mass is 15.1. The van der Waals surface area contributed by atoms with Crippen LogP contribution in [-0.4, -0.2) is 0 Å². The van der Waals surface area contributed by atoms with Gasteiger partial charge in [0.15, 0.2) is 0 Å². The fourth-order valence-corrected chi connectivity index (χ4v) is 8.36. The van der Waals surface area contributed by atoms with Gasteiger partial charge in [0.25, 0.3) is 0 Å². The van der Waals surface area contributed by atoms with E-state index < -0.39 is 0 Å². The summed E-state index contributed by atoms with van der Waals surface area (Å²) in [5.74, 6) is 6.86. The average molecular weight is 717 g/mol. The molecule has 0 saturated carbocycles. The first-order chi connectivity index (χ1) is 27.5. The average Bonchev–Trinajstić information content (AvgIpc) is 3.80. The minimum Gasteiger partial charge on any atom is -0.310 e. The monoisotopic (exact) mass is 716 g/mol. The first-order valence-corrected chi connectivity index (χ1v) is 19.4. The highest BCUT2D eigenvalue weighted by Gasteiger charge is 2.22. The Hall–Kier alpha value is -7.08. The number of nitrogens with zero attached hydrogens (tertiary/aromatic N) is 2. The number of hydrogen-bond donors (Lipinski definition) is 0. The lowest BCUT2D eigenvalue weighted by Gasteiger charge is -2.26. The minimum absolute atomic E-state index is 0.962. The summed E-state index contributed by atoms with van der Waals surface area (Å²) in [6.45, 7) is 4.27. The molecule has 2 aliphatic rings. The molecule has 0 heterocycles. The number of benzene rings is 8. The molecule has 0 unspecified atom stereocenters. The lowest BCUT2D eigenvalue weighted by atomic mass is 10.0. The SMILES string of the molecule is Cc1ccc(N(c2ccc(C#Cc3ccc(N(c4ccc(C)cc4)c4ccc5c(c4)Cc4ccccc4-5)cc3)cc2)c2ccc3c(c2)Cc2ccccc2-3)cc1. The first kappa shape index (κ1) is 33.5. The number of hydrogen-bond acceptors (Lipinski definition) is 2. The molecule has 2 nitrogen and oxygen atoms in total. The van der Waals surface area contributed by atoms with Crippen LogP contribution in [0.15, 0.2) is 182 Å². The molecule has 0 spiro atoms. The fraction of sp³-hybridized carbons (Fsp3) is 0.0741. The van der Waals surface area contributed by atoms with Gasteiger partial charge in [0.1, 0.15) is 0 Å². The second-order valence-corrected chi connectivity index (χ2v) is 15.0. The van der Waals surface area contributed by atoms with Crippen LogP contribution in [0.3, 0.4) is 0 Å². The van der Waals surface area contributed by atoms with Crippen LogP contribution < -0.4 is 9.80 Å². The molecule has 56 heavy (non-hydrogen) atoms. The third-order valence-corrected chi connectivity index (χ3v) is 11.3. The summed E-state index contributed by atoms with van der Waals surface area (Å²) in [4.78, 5) is 4.69. The predicted octanol–water partition coefficient (Wildman–Crippen LogP) is 13.8. The molecule has 0 amide bonds. The van der Waals surface area contributed by atoms with Crippen molar-refractivity contribution in [3.05, 3.63) is 226 Å². The maximum absolute atomic E-state index is 3.43. The molecule has 8 aromatic carbocycles. The van der Waals surface area contributed by atoms with Crippen molar-refractivity contribution in [3.8, 4) is 34.1 Å². The van der Waals surface area contributed by atoms with Crippen molar-refractivity contribution >= 4 is 34.1 Å². The van der Waals surface area contributed by atoms with Crippen LogP contribution in [0, 0.1) is 25.7 Å². The zero-order valence-electron chi connectivity index (χ0n) is 31.6. The Morgan fingerprint density at radius 3 is 1.04 bits per heavy atom. The third kappa shape index (κ3) is 6.24. The van der Waals surface area contributed by atoms with E-state index in [0.29, 0.717) is 0 Å². The molecule has 0 bridgehead atoms. The van der Waals surface area contributed by atoms with E-state index in [4.69, 9.17) is 0 Å². The Balaban J connectivity index is 0.924. The number of anilines is 6. The van der Waals surface area contributed by atoms with Gasteiger partial charge in [-0.05, 0) is 168 Å². The van der Waals surface area contributed by atoms with E-state index in [9.17, 15) is 0 Å². The molecule has 2 heteroatoms. The van der Waals surface area contributed by atoms with Crippen molar-refractivity contribution in [1.29, 1.82) is 0 Å². The first-order valence-electron chi connectivity index (χ1n) is 19.4. The molecule has 10 rings (SSSR count). The lowest BCUT2D eigenvalue weighted by molar-refractivity contribution is 1.23. The minimum atomic E-state index is 0.962. The van der Waals surface area contributed by atoms with Crippen molar-refractivity contribution in [3.63, 3.8) is 0 Å². The van der Waals surface area contributed by atoms with E-state index in [1.165, 1.54) is 55.6 Å².